The zero-order valence-corrected chi connectivity index (χ0v) is 20.2. The number of anilines is 1. The second kappa shape index (κ2) is 10.4. The van der Waals surface area contributed by atoms with Gasteiger partial charge in [0.1, 0.15) is 11.6 Å². The highest BCUT2D eigenvalue weighted by Gasteiger charge is 2.31. The highest BCUT2D eigenvalue weighted by atomic mass is 32.2. The van der Waals surface area contributed by atoms with Crippen molar-refractivity contribution in [1.29, 1.82) is 0 Å². The maximum Gasteiger partial charge on any atom is 0.241 e. The summed E-state index contributed by atoms with van der Waals surface area (Å²) >= 11 is 0. The minimum Gasteiger partial charge on any atom is -0.464 e. The van der Waals surface area contributed by atoms with Gasteiger partial charge >= 0.3 is 0 Å². The lowest BCUT2D eigenvalue weighted by atomic mass is 10.1. The second-order valence-corrected chi connectivity index (χ2v) is 10.3. The molecule has 0 radical (unpaired) electrons. The van der Waals surface area contributed by atoms with Crippen LogP contribution in [0.2, 0.25) is 0 Å². The van der Waals surface area contributed by atoms with Crippen LogP contribution in [-0.4, -0.2) is 54.2 Å². The van der Waals surface area contributed by atoms with Crippen LogP contribution < -0.4 is 15.8 Å². The monoisotopic (exact) mass is 500 g/mol. The Morgan fingerprint density at radius 3 is 2.91 bits per heavy atom. The first kappa shape index (κ1) is 24.6. The van der Waals surface area contributed by atoms with Crippen molar-refractivity contribution in [3.05, 3.63) is 53.5 Å². The molecule has 1 saturated heterocycles. The van der Waals surface area contributed by atoms with Crippen molar-refractivity contribution in [2.75, 3.05) is 18.8 Å². The van der Waals surface area contributed by atoms with Gasteiger partial charge in [-0.3, -0.25) is 9.59 Å². The summed E-state index contributed by atoms with van der Waals surface area (Å²) in [5.41, 5.74) is 8.18. The first-order valence-electron chi connectivity index (χ1n) is 11.3. The maximum atomic E-state index is 13.1. The molecular weight excluding hydrogens is 472 g/mol. The van der Waals surface area contributed by atoms with Gasteiger partial charge in [0.05, 0.1) is 18.6 Å². The fourth-order valence-corrected chi connectivity index (χ4v) is 5.42. The number of aryl methyl sites for hydroxylation is 1. The van der Waals surface area contributed by atoms with Crippen LogP contribution >= 0.6 is 0 Å². The SMILES string of the molecule is Cc1nc(N)ncc1CNC(=O)CN1CCCC[C@H](NS(=O)(=O)Cc2ccc3occc3c2)C1=O. The van der Waals surface area contributed by atoms with Crippen LogP contribution in [0.1, 0.15) is 36.1 Å². The Kier molecular flexibility index (Phi) is 7.31. The van der Waals surface area contributed by atoms with Crippen LogP contribution in [0.15, 0.2) is 41.1 Å². The average molecular weight is 501 g/mol. The molecule has 2 aromatic heterocycles. The number of sulfonamides is 1. The molecule has 11 nitrogen and oxygen atoms in total. The molecule has 186 valence electrons. The standard InChI is InChI=1S/C23H28N6O5S/c1-15-18(12-26-23(24)27-15)11-25-21(30)13-29-8-3-2-4-19(22(29)31)28-35(32,33)14-16-5-6-20-17(10-16)7-9-34-20/h5-7,9-10,12,19,28H,2-4,8,11,13-14H2,1H3,(H,25,30)(H2,24,26,27)/t19-/m0/s1. The molecule has 0 aliphatic carbocycles. The lowest BCUT2D eigenvalue weighted by Crippen LogP contribution is -2.50. The Balaban J connectivity index is 1.36. The van der Waals surface area contributed by atoms with Gasteiger partial charge in [-0.05, 0) is 49.9 Å². The highest BCUT2D eigenvalue weighted by Crippen LogP contribution is 2.19. The van der Waals surface area contributed by atoms with Crippen LogP contribution in [0.3, 0.4) is 0 Å². The van der Waals surface area contributed by atoms with E-state index in [1.807, 2.05) is 0 Å². The van der Waals surface area contributed by atoms with E-state index in [2.05, 4.69) is 20.0 Å². The number of nitrogens with one attached hydrogen (secondary N) is 2. The quantitative estimate of drug-likeness (QED) is 0.416. The van der Waals surface area contributed by atoms with Crippen LogP contribution in [0, 0.1) is 6.92 Å². The van der Waals surface area contributed by atoms with Gasteiger partial charge in [-0.2, -0.15) is 0 Å². The van der Waals surface area contributed by atoms with E-state index in [4.69, 9.17) is 10.2 Å². The van der Waals surface area contributed by atoms with Crippen molar-refractivity contribution in [1.82, 2.24) is 24.9 Å². The minimum atomic E-state index is -3.79. The van der Waals surface area contributed by atoms with Crippen LogP contribution in [0.25, 0.3) is 11.0 Å². The number of fused-ring (bicyclic) bond motifs is 1. The summed E-state index contributed by atoms with van der Waals surface area (Å²) in [4.78, 5) is 35.0. The van der Waals surface area contributed by atoms with Gasteiger partial charge in [-0.15, -0.1) is 0 Å². The molecule has 1 aliphatic heterocycles. The molecule has 3 heterocycles. The third-order valence-electron chi connectivity index (χ3n) is 5.89. The number of nitrogens with zero attached hydrogens (tertiary/aromatic N) is 3. The van der Waals surface area contributed by atoms with E-state index < -0.39 is 22.0 Å². The fourth-order valence-electron chi connectivity index (χ4n) is 4.06. The number of aromatic nitrogens is 2. The van der Waals surface area contributed by atoms with Crippen LogP contribution in [-0.2, 0) is 31.9 Å². The number of hydrogen-bond donors (Lipinski definition) is 3. The summed E-state index contributed by atoms with van der Waals surface area (Å²) in [7, 11) is -3.79. The van der Waals surface area contributed by atoms with Gasteiger partial charge in [0, 0.05) is 35.9 Å². The van der Waals surface area contributed by atoms with Gasteiger partial charge in [0.2, 0.25) is 27.8 Å². The van der Waals surface area contributed by atoms with E-state index >= 15 is 0 Å². The molecule has 12 heteroatoms. The Hall–Kier alpha value is -3.51. The van der Waals surface area contributed by atoms with Gasteiger partial charge in [0.15, 0.2) is 0 Å². The number of likely N-dealkylation sites (tertiary alicyclic amines) is 1. The Bertz CT molecular complexity index is 1340. The van der Waals surface area contributed by atoms with Gasteiger partial charge < -0.3 is 20.4 Å². The third-order valence-corrected chi connectivity index (χ3v) is 7.24. The third kappa shape index (κ3) is 6.34. The fraction of sp³-hybridized carbons (Fsp3) is 0.391. The van der Waals surface area contributed by atoms with E-state index in [-0.39, 0.29) is 30.7 Å². The van der Waals surface area contributed by atoms with Crippen molar-refractivity contribution >= 4 is 38.8 Å². The average Bonchev–Trinajstić information content (AvgIpc) is 3.20. The number of amides is 2. The summed E-state index contributed by atoms with van der Waals surface area (Å²) in [6.07, 6.45) is 4.81. The van der Waals surface area contributed by atoms with E-state index in [9.17, 15) is 18.0 Å². The number of carbonyl (C=O) groups is 2. The minimum absolute atomic E-state index is 0.156. The molecule has 0 unspecified atom stereocenters. The smallest absolute Gasteiger partial charge is 0.241 e. The molecule has 2 amide bonds. The Morgan fingerprint density at radius 1 is 1.29 bits per heavy atom. The summed E-state index contributed by atoms with van der Waals surface area (Å²) in [5, 5.41) is 3.56. The normalized spacial score (nSPS) is 16.9. The zero-order chi connectivity index (χ0) is 25.0. The topological polar surface area (TPSA) is 161 Å². The van der Waals surface area contributed by atoms with E-state index in [1.165, 1.54) is 4.90 Å². The highest BCUT2D eigenvalue weighted by molar-refractivity contribution is 7.88. The van der Waals surface area contributed by atoms with E-state index in [0.717, 1.165) is 5.39 Å². The lowest BCUT2D eigenvalue weighted by Gasteiger charge is -2.24. The molecule has 0 saturated carbocycles. The molecule has 0 spiro atoms. The number of rotatable bonds is 8. The number of furan rings is 1. The predicted octanol–water partition coefficient (Wildman–Crippen LogP) is 1.23. The van der Waals surface area contributed by atoms with Crippen molar-refractivity contribution < 1.29 is 22.4 Å². The largest absolute Gasteiger partial charge is 0.464 e. The molecule has 35 heavy (non-hydrogen) atoms. The van der Waals surface area contributed by atoms with Gasteiger partial charge in [-0.1, -0.05) is 6.07 Å². The molecule has 1 aliphatic rings. The van der Waals surface area contributed by atoms with E-state index in [1.54, 1.807) is 43.6 Å². The number of benzene rings is 1. The molecule has 1 aromatic carbocycles. The molecule has 4 N–H and O–H groups in total. The van der Waals surface area contributed by atoms with Crippen molar-refractivity contribution in [3.63, 3.8) is 0 Å². The van der Waals surface area contributed by atoms with Crippen LogP contribution in [0.4, 0.5) is 5.95 Å². The van der Waals surface area contributed by atoms with Crippen LogP contribution in [0.5, 0.6) is 0 Å². The molecule has 1 fully saturated rings. The second-order valence-electron chi connectivity index (χ2n) is 8.59. The first-order valence-corrected chi connectivity index (χ1v) is 12.9. The van der Waals surface area contributed by atoms with Gasteiger partial charge in [0.25, 0.3) is 0 Å². The van der Waals surface area contributed by atoms with Gasteiger partial charge in [-0.25, -0.2) is 23.1 Å². The molecule has 3 aromatic rings. The number of nitrogens with two attached hydrogens (primary N) is 1. The molecule has 1 atom stereocenters. The molecular formula is C23H28N6O5S. The van der Waals surface area contributed by atoms with E-state index in [0.29, 0.717) is 48.2 Å². The van der Waals surface area contributed by atoms with Crippen molar-refractivity contribution in [3.8, 4) is 0 Å². The number of hydrogen-bond acceptors (Lipinski definition) is 8. The Morgan fingerprint density at radius 2 is 2.11 bits per heavy atom. The first-order chi connectivity index (χ1) is 16.7. The number of carbonyl (C=O) groups excluding carboxylic acids is 2. The number of nitrogen functional groups attached to an aromatic ring is 1. The van der Waals surface area contributed by atoms with Crippen molar-refractivity contribution in [2.45, 2.75) is 44.5 Å². The maximum absolute atomic E-state index is 13.1. The van der Waals surface area contributed by atoms with Crippen molar-refractivity contribution in [2.24, 2.45) is 0 Å². The molecule has 0 bridgehead atoms. The summed E-state index contributed by atoms with van der Waals surface area (Å²) in [5.74, 6) is -0.866. The Labute approximate surface area is 203 Å². The zero-order valence-electron chi connectivity index (χ0n) is 19.4. The molecule has 4 rings (SSSR count). The summed E-state index contributed by atoms with van der Waals surface area (Å²) in [6, 6.07) is 6.00. The summed E-state index contributed by atoms with van der Waals surface area (Å²) < 4.78 is 33.5. The summed E-state index contributed by atoms with van der Waals surface area (Å²) in [6.45, 7) is 2.18. The predicted molar refractivity (Wildman–Crippen MR) is 129 cm³/mol. The lowest BCUT2D eigenvalue weighted by molar-refractivity contribution is -0.136.